The number of amides is 1. The molecule has 0 saturated heterocycles. The van der Waals surface area contributed by atoms with Crippen LogP contribution in [-0.2, 0) is 0 Å². The molecule has 0 unspecified atom stereocenters. The Morgan fingerprint density at radius 3 is 2.47 bits per heavy atom. The largest absolute Gasteiger partial charge is 0.508 e. The van der Waals surface area contributed by atoms with E-state index in [-0.39, 0.29) is 28.7 Å². The van der Waals surface area contributed by atoms with Gasteiger partial charge in [0.25, 0.3) is 5.91 Å². The molecule has 0 aliphatic rings. The summed E-state index contributed by atoms with van der Waals surface area (Å²) in [5, 5.41) is 18.8. The van der Waals surface area contributed by atoms with Crippen LogP contribution in [0.5, 0.6) is 11.5 Å². The molecule has 0 aromatic heterocycles. The number of rotatable bonds is 2. The van der Waals surface area contributed by atoms with Gasteiger partial charge in [0.1, 0.15) is 11.5 Å². The Kier molecular flexibility index (Phi) is 3.29. The minimum atomic E-state index is -0.362. The van der Waals surface area contributed by atoms with Gasteiger partial charge in [-0.25, -0.2) is 0 Å². The number of nitrogen functional groups attached to an aromatic ring is 1. The molecule has 5 heteroatoms. The molecule has 2 aromatic carbocycles. The molecule has 2 aromatic rings. The molecule has 1 amide bonds. The maximum Gasteiger partial charge on any atom is 0.260 e. The van der Waals surface area contributed by atoms with E-state index in [2.05, 4.69) is 0 Å². The first-order chi connectivity index (χ1) is 8.99. The van der Waals surface area contributed by atoms with Gasteiger partial charge in [-0.1, -0.05) is 6.07 Å². The van der Waals surface area contributed by atoms with E-state index in [4.69, 9.17) is 5.73 Å². The zero-order chi connectivity index (χ0) is 14.0. The first-order valence-electron chi connectivity index (χ1n) is 5.64. The third kappa shape index (κ3) is 2.60. The SMILES string of the molecule is CN(C(=O)c1cc(O)ccc1N)c1cccc(O)c1. The van der Waals surface area contributed by atoms with Crippen LogP contribution >= 0.6 is 0 Å². The second-order valence-corrected chi connectivity index (χ2v) is 4.16. The number of hydrogen-bond acceptors (Lipinski definition) is 4. The molecule has 0 saturated carbocycles. The van der Waals surface area contributed by atoms with Crippen LogP contribution in [0, 0.1) is 0 Å². The summed E-state index contributed by atoms with van der Waals surface area (Å²) in [6, 6.07) is 10.5. The summed E-state index contributed by atoms with van der Waals surface area (Å²) in [7, 11) is 1.57. The molecule has 4 N–H and O–H groups in total. The second-order valence-electron chi connectivity index (χ2n) is 4.16. The van der Waals surface area contributed by atoms with Gasteiger partial charge in [-0.3, -0.25) is 4.79 Å². The van der Waals surface area contributed by atoms with Crippen molar-refractivity contribution in [2.45, 2.75) is 0 Å². The first kappa shape index (κ1) is 12.8. The minimum absolute atomic E-state index is 0.0261. The molecule has 0 aliphatic carbocycles. The molecule has 0 bridgehead atoms. The lowest BCUT2D eigenvalue weighted by Gasteiger charge is -2.18. The number of nitrogens with two attached hydrogens (primary N) is 1. The summed E-state index contributed by atoms with van der Waals surface area (Å²) in [6.45, 7) is 0. The fourth-order valence-corrected chi connectivity index (χ4v) is 1.73. The summed E-state index contributed by atoms with van der Waals surface area (Å²) < 4.78 is 0. The molecule has 0 fully saturated rings. The number of hydrogen-bond donors (Lipinski definition) is 3. The molecule has 0 spiro atoms. The summed E-state index contributed by atoms with van der Waals surface area (Å²) in [4.78, 5) is 13.6. The summed E-state index contributed by atoms with van der Waals surface area (Å²) in [5.74, 6) is -0.318. The van der Waals surface area contributed by atoms with E-state index in [0.717, 1.165) is 0 Å². The quantitative estimate of drug-likeness (QED) is 0.567. The summed E-state index contributed by atoms with van der Waals surface area (Å²) in [6.07, 6.45) is 0. The highest BCUT2D eigenvalue weighted by molar-refractivity contribution is 6.09. The fourth-order valence-electron chi connectivity index (χ4n) is 1.73. The maximum atomic E-state index is 12.3. The number of phenols is 2. The molecule has 0 radical (unpaired) electrons. The number of anilines is 2. The van der Waals surface area contributed by atoms with E-state index in [1.54, 1.807) is 19.2 Å². The van der Waals surface area contributed by atoms with E-state index >= 15 is 0 Å². The molecule has 19 heavy (non-hydrogen) atoms. The zero-order valence-corrected chi connectivity index (χ0v) is 10.4. The average molecular weight is 258 g/mol. The standard InChI is InChI=1S/C14H14N2O3/c1-16(9-3-2-4-10(17)7-9)14(19)12-8-11(18)5-6-13(12)15/h2-8,17-18H,15H2,1H3. The normalized spacial score (nSPS) is 10.2. The number of carbonyl (C=O) groups is 1. The van der Waals surface area contributed by atoms with Crippen molar-refractivity contribution in [1.29, 1.82) is 0 Å². The molecular formula is C14H14N2O3. The van der Waals surface area contributed by atoms with Gasteiger partial charge < -0.3 is 20.8 Å². The van der Waals surface area contributed by atoms with Gasteiger partial charge in [0.05, 0.1) is 5.56 Å². The van der Waals surface area contributed by atoms with Crippen LogP contribution < -0.4 is 10.6 Å². The molecule has 0 aliphatic heterocycles. The highest BCUT2D eigenvalue weighted by Crippen LogP contribution is 2.24. The van der Waals surface area contributed by atoms with Gasteiger partial charge in [0.2, 0.25) is 0 Å². The van der Waals surface area contributed by atoms with Crippen molar-refractivity contribution in [3.05, 3.63) is 48.0 Å². The van der Waals surface area contributed by atoms with Crippen LogP contribution in [-0.4, -0.2) is 23.2 Å². The van der Waals surface area contributed by atoms with Crippen LogP contribution in [0.3, 0.4) is 0 Å². The monoisotopic (exact) mass is 258 g/mol. The first-order valence-corrected chi connectivity index (χ1v) is 5.64. The minimum Gasteiger partial charge on any atom is -0.508 e. The molecule has 98 valence electrons. The van der Waals surface area contributed by atoms with Crippen molar-refractivity contribution in [3.63, 3.8) is 0 Å². The fraction of sp³-hybridized carbons (Fsp3) is 0.0714. The maximum absolute atomic E-state index is 12.3. The number of aromatic hydroxyl groups is 2. The molecule has 2 rings (SSSR count). The topological polar surface area (TPSA) is 86.8 Å². The molecular weight excluding hydrogens is 244 g/mol. The summed E-state index contributed by atoms with van der Waals surface area (Å²) in [5.41, 5.74) is 6.76. The number of carbonyl (C=O) groups excluding carboxylic acids is 1. The van der Waals surface area contributed by atoms with Gasteiger partial charge in [-0.05, 0) is 30.3 Å². The van der Waals surface area contributed by atoms with E-state index in [0.29, 0.717) is 5.69 Å². The van der Waals surface area contributed by atoms with Crippen molar-refractivity contribution < 1.29 is 15.0 Å². The smallest absolute Gasteiger partial charge is 0.260 e. The second kappa shape index (κ2) is 4.89. The van der Waals surface area contributed by atoms with Crippen molar-refractivity contribution in [3.8, 4) is 11.5 Å². The molecule has 0 heterocycles. The van der Waals surface area contributed by atoms with Crippen LogP contribution in [0.2, 0.25) is 0 Å². The number of phenolic OH excluding ortho intramolecular Hbond substituents is 2. The Labute approximate surface area is 110 Å². The van der Waals surface area contributed by atoms with Crippen LogP contribution in [0.4, 0.5) is 11.4 Å². The number of benzene rings is 2. The van der Waals surface area contributed by atoms with Gasteiger partial charge >= 0.3 is 0 Å². The lowest BCUT2D eigenvalue weighted by molar-refractivity contribution is 0.0993. The van der Waals surface area contributed by atoms with E-state index in [9.17, 15) is 15.0 Å². The van der Waals surface area contributed by atoms with Crippen LogP contribution in [0.1, 0.15) is 10.4 Å². The van der Waals surface area contributed by atoms with E-state index < -0.39 is 0 Å². The van der Waals surface area contributed by atoms with Gasteiger partial charge in [-0.2, -0.15) is 0 Å². The Bertz CT molecular complexity index is 626. The third-order valence-electron chi connectivity index (χ3n) is 2.79. The van der Waals surface area contributed by atoms with Crippen molar-refractivity contribution in [2.75, 3.05) is 17.7 Å². The Balaban J connectivity index is 2.36. The third-order valence-corrected chi connectivity index (χ3v) is 2.79. The predicted molar refractivity (Wildman–Crippen MR) is 73.4 cm³/mol. The lowest BCUT2D eigenvalue weighted by atomic mass is 10.1. The van der Waals surface area contributed by atoms with Crippen LogP contribution in [0.25, 0.3) is 0 Å². The van der Waals surface area contributed by atoms with E-state index in [1.807, 2.05) is 0 Å². The van der Waals surface area contributed by atoms with E-state index in [1.165, 1.54) is 35.2 Å². The highest BCUT2D eigenvalue weighted by atomic mass is 16.3. The van der Waals surface area contributed by atoms with Crippen molar-refractivity contribution in [1.82, 2.24) is 0 Å². The lowest BCUT2D eigenvalue weighted by Crippen LogP contribution is -2.26. The Morgan fingerprint density at radius 2 is 1.79 bits per heavy atom. The highest BCUT2D eigenvalue weighted by Gasteiger charge is 2.17. The van der Waals surface area contributed by atoms with Crippen molar-refractivity contribution in [2.24, 2.45) is 0 Å². The zero-order valence-electron chi connectivity index (χ0n) is 10.4. The van der Waals surface area contributed by atoms with Crippen molar-refractivity contribution >= 4 is 17.3 Å². The summed E-state index contributed by atoms with van der Waals surface area (Å²) >= 11 is 0. The van der Waals surface area contributed by atoms with Crippen LogP contribution in [0.15, 0.2) is 42.5 Å². The number of nitrogens with zero attached hydrogens (tertiary/aromatic N) is 1. The average Bonchev–Trinajstić information content (AvgIpc) is 2.40. The van der Waals surface area contributed by atoms with Gasteiger partial charge in [0, 0.05) is 24.5 Å². The molecule has 0 atom stereocenters. The van der Waals surface area contributed by atoms with Gasteiger partial charge in [-0.15, -0.1) is 0 Å². The van der Waals surface area contributed by atoms with Gasteiger partial charge in [0.15, 0.2) is 0 Å². The Morgan fingerprint density at radius 1 is 1.11 bits per heavy atom. The molecule has 5 nitrogen and oxygen atoms in total. The Hall–Kier alpha value is -2.69. The predicted octanol–water partition coefficient (Wildman–Crippen LogP) is 1.96.